The molecule has 1 atom stereocenters. The minimum absolute atomic E-state index is 0.0756. The van der Waals surface area contributed by atoms with Gasteiger partial charge in [-0.2, -0.15) is 5.10 Å². The molecule has 0 radical (unpaired) electrons. The predicted molar refractivity (Wildman–Crippen MR) is 87.3 cm³/mol. The van der Waals surface area contributed by atoms with Crippen LogP contribution in [-0.4, -0.2) is 29.4 Å². The fraction of sp³-hybridized carbons (Fsp3) is 0.438. The van der Waals surface area contributed by atoms with Crippen LogP contribution in [0.4, 0.5) is 19.0 Å². The summed E-state index contributed by atoms with van der Waals surface area (Å²) < 4.78 is 67.7. The zero-order valence-corrected chi connectivity index (χ0v) is 14.6. The first-order chi connectivity index (χ1) is 11.7. The van der Waals surface area contributed by atoms with Gasteiger partial charge in [0.25, 0.3) is 10.0 Å². The van der Waals surface area contributed by atoms with Gasteiger partial charge in [-0.25, -0.2) is 21.6 Å². The van der Waals surface area contributed by atoms with E-state index in [1.165, 1.54) is 18.7 Å². The summed E-state index contributed by atoms with van der Waals surface area (Å²) in [6.45, 7) is 3.25. The first-order valence-electron chi connectivity index (χ1n) is 7.93. The molecule has 1 aliphatic rings. The Morgan fingerprint density at radius 2 is 1.92 bits per heavy atom. The van der Waals surface area contributed by atoms with Crippen molar-refractivity contribution in [3.8, 4) is 0 Å². The standard InChI is InChI=1S/C16H18F3N3O2S/c1-10(2)25(23,24)22-16(14(19)9-20-22)21-7-3-4-15(21)12-8-11(17)5-6-13(12)18/h5-6,8-10,15H,3-4,7H2,1-2H3/t15-/m1/s1. The van der Waals surface area contributed by atoms with E-state index in [4.69, 9.17) is 0 Å². The molecule has 0 saturated carbocycles. The molecule has 1 aromatic carbocycles. The van der Waals surface area contributed by atoms with E-state index in [9.17, 15) is 21.6 Å². The molecule has 0 bridgehead atoms. The molecule has 2 heterocycles. The van der Waals surface area contributed by atoms with E-state index in [-0.39, 0.29) is 11.4 Å². The summed E-state index contributed by atoms with van der Waals surface area (Å²) in [7, 11) is -3.89. The third-order valence-corrected chi connectivity index (χ3v) is 6.29. The minimum atomic E-state index is -3.89. The molecule has 25 heavy (non-hydrogen) atoms. The molecule has 2 aromatic rings. The number of rotatable bonds is 4. The van der Waals surface area contributed by atoms with Crippen molar-refractivity contribution in [2.75, 3.05) is 11.4 Å². The maximum Gasteiger partial charge on any atom is 0.258 e. The molecule has 1 fully saturated rings. The van der Waals surface area contributed by atoms with Crippen molar-refractivity contribution in [3.63, 3.8) is 0 Å². The summed E-state index contributed by atoms with van der Waals surface area (Å²) in [5.41, 5.74) is 0.0756. The van der Waals surface area contributed by atoms with Gasteiger partial charge in [0.15, 0.2) is 11.6 Å². The van der Waals surface area contributed by atoms with Crippen LogP contribution >= 0.6 is 0 Å². The van der Waals surface area contributed by atoms with Crippen molar-refractivity contribution in [3.05, 3.63) is 47.4 Å². The van der Waals surface area contributed by atoms with E-state index in [0.717, 1.165) is 24.4 Å². The predicted octanol–water partition coefficient (Wildman–Crippen LogP) is 3.23. The normalized spacial score (nSPS) is 18.3. The van der Waals surface area contributed by atoms with E-state index >= 15 is 0 Å². The summed E-state index contributed by atoms with van der Waals surface area (Å²) in [6.07, 6.45) is 1.87. The van der Waals surface area contributed by atoms with E-state index in [1.807, 2.05) is 0 Å². The molecular formula is C16H18F3N3O2S. The monoisotopic (exact) mass is 373 g/mol. The largest absolute Gasteiger partial charge is 0.346 e. The lowest BCUT2D eigenvalue weighted by atomic mass is 10.0. The molecule has 0 amide bonds. The van der Waals surface area contributed by atoms with E-state index in [1.54, 1.807) is 0 Å². The first-order valence-corrected chi connectivity index (χ1v) is 9.43. The number of hydrogen-bond acceptors (Lipinski definition) is 4. The summed E-state index contributed by atoms with van der Waals surface area (Å²) in [6, 6.07) is 2.42. The molecule has 0 spiro atoms. The van der Waals surface area contributed by atoms with E-state index < -0.39 is 38.8 Å². The Hall–Kier alpha value is -2.03. The van der Waals surface area contributed by atoms with Crippen LogP contribution in [-0.2, 0) is 10.0 Å². The summed E-state index contributed by atoms with van der Waals surface area (Å²) >= 11 is 0. The van der Waals surface area contributed by atoms with E-state index in [2.05, 4.69) is 5.10 Å². The number of anilines is 1. The maximum atomic E-state index is 14.4. The third-order valence-electron chi connectivity index (χ3n) is 4.35. The van der Waals surface area contributed by atoms with Crippen LogP contribution in [0.25, 0.3) is 0 Å². The lowest BCUT2D eigenvalue weighted by Gasteiger charge is -2.28. The van der Waals surface area contributed by atoms with Gasteiger partial charge in [0.05, 0.1) is 17.5 Å². The molecule has 5 nitrogen and oxygen atoms in total. The molecule has 1 aromatic heterocycles. The van der Waals surface area contributed by atoms with Crippen molar-refractivity contribution in [1.82, 2.24) is 9.19 Å². The Morgan fingerprint density at radius 1 is 1.20 bits per heavy atom. The Labute approximate surface area is 144 Å². The zero-order chi connectivity index (χ0) is 18.4. The highest BCUT2D eigenvalue weighted by molar-refractivity contribution is 7.90. The highest BCUT2D eigenvalue weighted by Gasteiger charge is 2.36. The maximum absolute atomic E-state index is 14.4. The summed E-state index contributed by atoms with van der Waals surface area (Å²) in [5, 5.41) is 2.86. The molecule has 9 heteroatoms. The van der Waals surface area contributed by atoms with Crippen molar-refractivity contribution in [2.24, 2.45) is 0 Å². The Kier molecular flexibility index (Phi) is 4.52. The van der Waals surface area contributed by atoms with Crippen LogP contribution in [0.3, 0.4) is 0 Å². The SMILES string of the molecule is CC(C)S(=O)(=O)n1ncc(F)c1N1CCC[C@@H]1c1cc(F)ccc1F. The fourth-order valence-electron chi connectivity index (χ4n) is 3.05. The number of aromatic nitrogens is 2. The van der Waals surface area contributed by atoms with Gasteiger partial charge in [-0.3, -0.25) is 0 Å². The molecule has 1 saturated heterocycles. The van der Waals surface area contributed by atoms with Crippen molar-refractivity contribution in [1.29, 1.82) is 0 Å². The van der Waals surface area contributed by atoms with E-state index in [0.29, 0.717) is 23.5 Å². The second-order valence-electron chi connectivity index (χ2n) is 6.27. The first kappa shape index (κ1) is 17.8. The highest BCUT2D eigenvalue weighted by Crippen LogP contribution is 2.39. The van der Waals surface area contributed by atoms with Crippen LogP contribution in [0.1, 0.15) is 38.3 Å². The average molecular weight is 373 g/mol. The molecule has 3 rings (SSSR count). The van der Waals surface area contributed by atoms with Gasteiger partial charge in [-0.15, -0.1) is 4.09 Å². The minimum Gasteiger partial charge on any atom is -0.346 e. The molecule has 0 N–H and O–H groups in total. The highest BCUT2D eigenvalue weighted by atomic mass is 32.2. The molecular weight excluding hydrogens is 355 g/mol. The third kappa shape index (κ3) is 3.01. The average Bonchev–Trinajstić information content (AvgIpc) is 3.15. The fourth-order valence-corrected chi connectivity index (χ4v) is 4.06. The summed E-state index contributed by atoms with van der Waals surface area (Å²) in [4.78, 5) is 1.44. The van der Waals surface area contributed by atoms with Crippen molar-refractivity contribution >= 4 is 15.8 Å². The number of benzene rings is 1. The lowest BCUT2D eigenvalue weighted by molar-refractivity contribution is 0.548. The lowest BCUT2D eigenvalue weighted by Crippen LogP contribution is -2.31. The molecule has 0 unspecified atom stereocenters. The second kappa shape index (κ2) is 6.36. The van der Waals surface area contributed by atoms with Crippen LogP contribution in [0.15, 0.2) is 24.4 Å². The van der Waals surface area contributed by atoms with Crippen LogP contribution in [0.2, 0.25) is 0 Å². The number of nitrogens with zero attached hydrogens (tertiary/aromatic N) is 3. The van der Waals surface area contributed by atoms with Crippen molar-refractivity contribution < 1.29 is 21.6 Å². The topological polar surface area (TPSA) is 55.2 Å². The zero-order valence-electron chi connectivity index (χ0n) is 13.8. The van der Waals surface area contributed by atoms with Crippen LogP contribution < -0.4 is 4.90 Å². The van der Waals surface area contributed by atoms with Gasteiger partial charge in [-0.1, -0.05) is 0 Å². The van der Waals surface area contributed by atoms with Crippen LogP contribution in [0, 0.1) is 17.5 Å². The molecule has 0 aliphatic carbocycles. The smallest absolute Gasteiger partial charge is 0.258 e. The number of halogens is 3. The van der Waals surface area contributed by atoms with Gasteiger partial charge < -0.3 is 4.90 Å². The van der Waals surface area contributed by atoms with Crippen LogP contribution in [0.5, 0.6) is 0 Å². The molecule has 136 valence electrons. The quantitative estimate of drug-likeness (QED) is 0.826. The Balaban J connectivity index is 2.11. The number of hydrogen-bond donors (Lipinski definition) is 0. The van der Waals surface area contributed by atoms with Gasteiger partial charge >= 0.3 is 0 Å². The van der Waals surface area contributed by atoms with Crippen molar-refractivity contribution in [2.45, 2.75) is 38.0 Å². The summed E-state index contributed by atoms with van der Waals surface area (Å²) in [5.74, 6) is -2.27. The van der Waals surface area contributed by atoms with Gasteiger partial charge in [-0.05, 0) is 44.9 Å². The molecule has 1 aliphatic heterocycles. The van der Waals surface area contributed by atoms with Gasteiger partial charge in [0.1, 0.15) is 11.6 Å². The second-order valence-corrected chi connectivity index (χ2v) is 8.59. The Morgan fingerprint density at radius 3 is 2.60 bits per heavy atom. The van der Waals surface area contributed by atoms with Gasteiger partial charge in [0, 0.05) is 12.1 Å². The van der Waals surface area contributed by atoms with Gasteiger partial charge in [0.2, 0.25) is 0 Å². The Bertz CT molecular complexity index is 896.